The van der Waals surface area contributed by atoms with E-state index >= 15 is 0 Å². The molecule has 0 unspecified atom stereocenters. The number of aryl methyl sites for hydroxylation is 1. The smallest absolute Gasteiger partial charge is 0.255 e. The minimum atomic E-state index is -3.99. The van der Waals surface area contributed by atoms with E-state index < -0.39 is 26.6 Å². The highest BCUT2D eigenvalue weighted by atomic mass is 32.2. The van der Waals surface area contributed by atoms with E-state index in [0.717, 1.165) is 37.0 Å². The van der Waals surface area contributed by atoms with Crippen molar-refractivity contribution in [3.63, 3.8) is 0 Å². The van der Waals surface area contributed by atoms with Gasteiger partial charge in [0.15, 0.2) is 5.82 Å². The van der Waals surface area contributed by atoms with Crippen LogP contribution in [-0.4, -0.2) is 46.9 Å². The summed E-state index contributed by atoms with van der Waals surface area (Å²) in [5, 5.41) is 9.55. The van der Waals surface area contributed by atoms with Crippen LogP contribution in [0.15, 0.2) is 47.4 Å². The van der Waals surface area contributed by atoms with E-state index in [0.29, 0.717) is 30.4 Å². The first-order valence-electron chi connectivity index (χ1n) is 9.95. The fraction of sp³-hybridized carbons (Fsp3) is 0.286. The van der Waals surface area contributed by atoms with Crippen molar-refractivity contribution in [3.05, 3.63) is 59.7 Å². The zero-order valence-electron chi connectivity index (χ0n) is 16.9. The zero-order chi connectivity index (χ0) is 22.0. The number of carbonyl (C=O) groups is 1. The Bertz CT molecular complexity index is 1200. The lowest BCUT2D eigenvalue weighted by Gasteiger charge is -2.26. The topological polar surface area (TPSA) is 108 Å². The molecule has 2 heterocycles. The lowest BCUT2D eigenvalue weighted by molar-refractivity contribution is 0.102. The summed E-state index contributed by atoms with van der Waals surface area (Å²) in [5.41, 5.74) is 1.34. The van der Waals surface area contributed by atoms with Crippen molar-refractivity contribution in [1.82, 2.24) is 19.5 Å². The van der Waals surface area contributed by atoms with Crippen LogP contribution in [0.4, 0.5) is 10.1 Å². The molecule has 0 atom stereocenters. The maximum absolute atomic E-state index is 14.4. The highest BCUT2D eigenvalue weighted by Crippen LogP contribution is 2.25. The van der Waals surface area contributed by atoms with Gasteiger partial charge < -0.3 is 5.32 Å². The number of halogens is 1. The van der Waals surface area contributed by atoms with E-state index in [1.807, 2.05) is 0 Å². The first kappa shape index (κ1) is 21.1. The molecule has 1 aliphatic heterocycles. The predicted octanol–water partition coefficient (Wildman–Crippen LogP) is 3.35. The van der Waals surface area contributed by atoms with E-state index in [1.165, 1.54) is 10.4 Å². The number of anilines is 1. The molecule has 0 radical (unpaired) electrons. The number of benzene rings is 2. The van der Waals surface area contributed by atoms with Crippen LogP contribution < -0.4 is 5.32 Å². The SMILES string of the molecule is Cc1nc(-c2ccc(NC(=O)c3ccc(F)c(S(=O)(=O)N4CCCCC4)c3)cc2)n[nH]1. The number of piperidine rings is 1. The van der Waals surface area contributed by atoms with Crippen molar-refractivity contribution in [1.29, 1.82) is 0 Å². The third kappa shape index (κ3) is 4.49. The maximum Gasteiger partial charge on any atom is 0.255 e. The fourth-order valence-corrected chi connectivity index (χ4v) is 5.07. The number of nitrogens with one attached hydrogen (secondary N) is 2. The lowest BCUT2D eigenvalue weighted by atomic mass is 10.1. The lowest BCUT2D eigenvalue weighted by Crippen LogP contribution is -2.36. The van der Waals surface area contributed by atoms with Crippen LogP contribution in [0.2, 0.25) is 0 Å². The Morgan fingerprint density at radius 1 is 1.10 bits per heavy atom. The van der Waals surface area contributed by atoms with Crippen LogP contribution in [0.1, 0.15) is 35.4 Å². The quantitative estimate of drug-likeness (QED) is 0.629. The minimum Gasteiger partial charge on any atom is -0.322 e. The van der Waals surface area contributed by atoms with Gasteiger partial charge in [0.25, 0.3) is 5.91 Å². The molecule has 162 valence electrons. The molecule has 1 aliphatic rings. The number of rotatable bonds is 5. The first-order valence-corrected chi connectivity index (χ1v) is 11.4. The second-order valence-electron chi connectivity index (χ2n) is 7.39. The summed E-state index contributed by atoms with van der Waals surface area (Å²) < 4.78 is 41.4. The molecule has 0 spiro atoms. The summed E-state index contributed by atoms with van der Waals surface area (Å²) in [5.74, 6) is -0.162. The van der Waals surface area contributed by atoms with E-state index in [-0.39, 0.29) is 5.56 Å². The normalized spacial score (nSPS) is 15.0. The molecule has 0 aliphatic carbocycles. The first-order chi connectivity index (χ1) is 14.8. The summed E-state index contributed by atoms with van der Waals surface area (Å²) in [4.78, 5) is 16.4. The average molecular weight is 444 g/mol. The van der Waals surface area contributed by atoms with Gasteiger partial charge >= 0.3 is 0 Å². The van der Waals surface area contributed by atoms with Crippen molar-refractivity contribution in [2.75, 3.05) is 18.4 Å². The Labute approximate surface area is 179 Å². The van der Waals surface area contributed by atoms with Crippen LogP contribution in [0.25, 0.3) is 11.4 Å². The van der Waals surface area contributed by atoms with Gasteiger partial charge in [0, 0.05) is 29.9 Å². The molecular formula is C21H22FN5O3S. The Morgan fingerprint density at radius 3 is 2.45 bits per heavy atom. The van der Waals surface area contributed by atoms with Crippen molar-refractivity contribution >= 4 is 21.6 Å². The Hall–Kier alpha value is -3.11. The van der Waals surface area contributed by atoms with Crippen LogP contribution >= 0.6 is 0 Å². The molecule has 1 saturated heterocycles. The number of aromatic amines is 1. The maximum atomic E-state index is 14.4. The molecule has 2 aromatic carbocycles. The molecular weight excluding hydrogens is 421 g/mol. The molecule has 10 heteroatoms. The summed E-state index contributed by atoms with van der Waals surface area (Å²) in [6, 6.07) is 10.3. The fourth-order valence-electron chi connectivity index (χ4n) is 3.46. The Kier molecular flexibility index (Phi) is 5.84. The standard InChI is InChI=1S/C21H22FN5O3S/c1-14-23-20(26-25-14)15-5-8-17(9-6-15)24-21(28)16-7-10-18(22)19(13-16)31(29,30)27-11-3-2-4-12-27/h5-10,13H,2-4,11-12H2,1H3,(H,24,28)(H,23,25,26). The highest BCUT2D eigenvalue weighted by molar-refractivity contribution is 7.89. The molecule has 8 nitrogen and oxygen atoms in total. The Morgan fingerprint density at radius 2 is 1.81 bits per heavy atom. The molecule has 4 rings (SSSR count). The second-order valence-corrected chi connectivity index (χ2v) is 9.29. The summed E-state index contributed by atoms with van der Waals surface area (Å²) >= 11 is 0. The van der Waals surface area contributed by atoms with Crippen LogP contribution in [0, 0.1) is 12.7 Å². The molecule has 1 fully saturated rings. The molecule has 2 N–H and O–H groups in total. The van der Waals surface area contributed by atoms with Gasteiger partial charge in [-0.25, -0.2) is 17.8 Å². The molecule has 0 saturated carbocycles. The number of aromatic nitrogens is 3. The van der Waals surface area contributed by atoms with Gasteiger partial charge in [-0.1, -0.05) is 6.42 Å². The Balaban J connectivity index is 1.53. The molecule has 0 bridgehead atoms. The second kappa shape index (κ2) is 8.56. The van der Waals surface area contributed by atoms with Crippen molar-refractivity contribution in [2.45, 2.75) is 31.1 Å². The van der Waals surface area contributed by atoms with Gasteiger partial charge in [0.2, 0.25) is 10.0 Å². The van der Waals surface area contributed by atoms with Crippen molar-refractivity contribution in [3.8, 4) is 11.4 Å². The highest BCUT2D eigenvalue weighted by Gasteiger charge is 2.29. The van der Waals surface area contributed by atoms with Gasteiger partial charge in [-0.15, -0.1) is 0 Å². The zero-order valence-corrected chi connectivity index (χ0v) is 17.7. The van der Waals surface area contributed by atoms with Crippen LogP contribution in [0.5, 0.6) is 0 Å². The largest absolute Gasteiger partial charge is 0.322 e. The van der Waals surface area contributed by atoms with E-state index in [9.17, 15) is 17.6 Å². The number of hydrogen-bond acceptors (Lipinski definition) is 5. The molecule has 3 aromatic rings. The van der Waals surface area contributed by atoms with Gasteiger partial charge in [0.1, 0.15) is 16.5 Å². The van der Waals surface area contributed by atoms with Crippen LogP contribution in [-0.2, 0) is 10.0 Å². The minimum absolute atomic E-state index is 0.0608. The number of nitrogens with zero attached hydrogens (tertiary/aromatic N) is 3. The van der Waals surface area contributed by atoms with Crippen molar-refractivity contribution in [2.24, 2.45) is 0 Å². The summed E-state index contributed by atoms with van der Waals surface area (Å²) in [6.07, 6.45) is 2.43. The van der Waals surface area contributed by atoms with E-state index in [1.54, 1.807) is 31.2 Å². The van der Waals surface area contributed by atoms with Gasteiger partial charge in [0.05, 0.1) is 0 Å². The number of hydrogen-bond donors (Lipinski definition) is 2. The van der Waals surface area contributed by atoms with Gasteiger partial charge in [-0.2, -0.15) is 9.40 Å². The monoisotopic (exact) mass is 443 g/mol. The van der Waals surface area contributed by atoms with Gasteiger partial charge in [-0.05, 0) is 62.2 Å². The number of amides is 1. The van der Waals surface area contributed by atoms with E-state index in [2.05, 4.69) is 20.5 Å². The molecule has 1 amide bonds. The summed E-state index contributed by atoms with van der Waals surface area (Å²) in [7, 11) is -3.99. The number of sulfonamides is 1. The third-order valence-electron chi connectivity index (χ3n) is 5.12. The van der Waals surface area contributed by atoms with Gasteiger partial charge in [-0.3, -0.25) is 9.89 Å². The van der Waals surface area contributed by atoms with E-state index in [4.69, 9.17) is 0 Å². The predicted molar refractivity (Wildman–Crippen MR) is 114 cm³/mol. The van der Waals surface area contributed by atoms with Crippen molar-refractivity contribution < 1.29 is 17.6 Å². The average Bonchev–Trinajstić information content (AvgIpc) is 3.21. The summed E-state index contributed by atoms with van der Waals surface area (Å²) in [6.45, 7) is 2.51. The molecule has 31 heavy (non-hydrogen) atoms. The number of carbonyl (C=O) groups excluding carboxylic acids is 1. The molecule has 1 aromatic heterocycles. The van der Waals surface area contributed by atoms with Crippen LogP contribution in [0.3, 0.4) is 0 Å². The third-order valence-corrected chi connectivity index (χ3v) is 7.04. The number of H-pyrrole nitrogens is 1.